The Labute approximate surface area is 159 Å². The van der Waals surface area contributed by atoms with Crippen LogP contribution in [0.3, 0.4) is 0 Å². The van der Waals surface area contributed by atoms with Crippen LogP contribution < -0.4 is 0 Å². The summed E-state index contributed by atoms with van der Waals surface area (Å²) in [7, 11) is 0. The first-order chi connectivity index (χ1) is 13.2. The number of unbranched alkanes of at least 4 members (excludes halogenated alkanes) is 1. The van der Waals surface area contributed by atoms with Crippen molar-refractivity contribution in [2.75, 3.05) is 13.2 Å². The lowest BCUT2D eigenvalue weighted by molar-refractivity contribution is 0.134. The predicted molar refractivity (Wildman–Crippen MR) is 107 cm³/mol. The molecule has 0 radical (unpaired) electrons. The molecule has 0 spiro atoms. The van der Waals surface area contributed by atoms with Gasteiger partial charge in [0.05, 0.1) is 6.61 Å². The van der Waals surface area contributed by atoms with Crippen LogP contribution in [-0.4, -0.2) is 13.2 Å². The molecule has 140 valence electrons. The molecule has 0 atom stereocenters. The van der Waals surface area contributed by atoms with E-state index in [-0.39, 0.29) is 5.56 Å². The van der Waals surface area contributed by atoms with Crippen LogP contribution in [-0.2, 0) is 11.2 Å². The molecule has 0 saturated carbocycles. The number of halogens is 2. The van der Waals surface area contributed by atoms with Gasteiger partial charge in [-0.3, -0.25) is 0 Å². The van der Waals surface area contributed by atoms with Gasteiger partial charge in [-0.2, -0.15) is 0 Å². The summed E-state index contributed by atoms with van der Waals surface area (Å²) in [6.07, 6.45) is 3.03. The molecule has 0 saturated heterocycles. The maximum absolute atomic E-state index is 14.3. The fourth-order valence-corrected chi connectivity index (χ4v) is 3.11. The molecule has 0 amide bonds. The number of ether oxygens (including phenoxy) is 1. The second-order valence-corrected chi connectivity index (χ2v) is 6.56. The van der Waals surface area contributed by atoms with E-state index in [0.717, 1.165) is 43.1 Å². The van der Waals surface area contributed by atoms with Gasteiger partial charge in [-0.05, 0) is 41.2 Å². The smallest absolute Gasteiger partial charge is 0.166 e. The highest BCUT2D eigenvalue weighted by atomic mass is 19.2. The Kier molecular flexibility index (Phi) is 6.72. The summed E-state index contributed by atoms with van der Waals surface area (Å²) in [4.78, 5) is 0. The van der Waals surface area contributed by atoms with E-state index >= 15 is 0 Å². The fourth-order valence-electron chi connectivity index (χ4n) is 3.11. The standard InChI is InChI=1S/C24H24F2O/c1-2-3-15-27-16-14-18-8-6-9-19(17-18)20-10-4-5-11-21(20)22-12-7-13-23(25)24(22)26/h4-13,17H,2-3,14-16H2,1H3. The molecule has 0 unspecified atom stereocenters. The molecule has 3 heteroatoms. The molecule has 0 aliphatic rings. The second kappa shape index (κ2) is 9.43. The normalized spacial score (nSPS) is 10.9. The molecule has 0 heterocycles. The van der Waals surface area contributed by atoms with Crippen molar-refractivity contribution in [1.82, 2.24) is 0 Å². The first-order valence-corrected chi connectivity index (χ1v) is 9.41. The first kappa shape index (κ1) is 19.2. The number of hydrogen-bond acceptors (Lipinski definition) is 1. The highest BCUT2D eigenvalue weighted by Gasteiger charge is 2.14. The Morgan fingerprint density at radius 2 is 1.52 bits per heavy atom. The van der Waals surface area contributed by atoms with Gasteiger partial charge < -0.3 is 4.74 Å². The average molecular weight is 366 g/mol. The third kappa shape index (κ3) is 4.81. The van der Waals surface area contributed by atoms with Gasteiger partial charge in [-0.1, -0.05) is 74.0 Å². The van der Waals surface area contributed by atoms with Crippen molar-refractivity contribution in [1.29, 1.82) is 0 Å². The zero-order valence-electron chi connectivity index (χ0n) is 15.6. The summed E-state index contributed by atoms with van der Waals surface area (Å²) in [5, 5.41) is 0. The molecule has 0 fully saturated rings. The van der Waals surface area contributed by atoms with E-state index in [4.69, 9.17) is 4.74 Å². The number of benzene rings is 3. The van der Waals surface area contributed by atoms with Crippen molar-refractivity contribution >= 4 is 0 Å². The number of rotatable bonds is 8. The minimum Gasteiger partial charge on any atom is -0.381 e. The van der Waals surface area contributed by atoms with E-state index in [0.29, 0.717) is 12.2 Å². The van der Waals surface area contributed by atoms with Gasteiger partial charge in [0.25, 0.3) is 0 Å². The van der Waals surface area contributed by atoms with Gasteiger partial charge in [0.15, 0.2) is 11.6 Å². The highest BCUT2D eigenvalue weighted by molar-refractivity contribution is 5.83. The Hall–Kier alpha value is -2.52. The molecule has 3 rings (SSSR count). The lowest BCUT2D eigenvalue weighted by Gasteiger charge is -2.12. The molecular weight excluding hydrogens is 342 g/mol. The van der Waals surface area contributed by atoms with Gasteiger partial charge in [0.1, 0.15) is 0 Å². The van der Waals surface area contributed by atoms with E-state index in [1.54, 1.807) is 6.07 Å². The third-order valence-corrected chi connectivity index (χ3v) is 4.58. The lowest BCUT2D eigenvalue weighted by atomic mass is 9.93. The molecule has 0 aliphatic heterocycles. The molecule has 0 N–H and O–H groups in total. The maximum Gasteiger partial charge on any atom is 0.166 e. The molecule has 3 aromatic rings. The predicted octanol–water partition coefficient (Wildman–Crippen LogP) is 6.66. The highest BCUT2D eigenvalue weighted by Crippen LogP contribution is 2.34. The quantitative estimate of drug-likeness (QED) is 0.405. The van der Waals surface area contributed by atoms with Crippen molar-refractivity contribution in [2.24, 2.45) is 0 Å². The average Bonchev–Trinajstić information content (AvgIpc) is 2.70. The molecule has 0 bridgehead atoms. The monoisotopic (exact) mass is 366 g/mol. The summed E-state index contributed by atoms with van der Waals surface area (Å²) >= 11 is 0. The zero-order chi connectivity index (χ0) is 19.1. The van der Waals surface area contributed by atoms with E-state index in [2.05, 4.69) is 19.1 Å². The Morgan fingerprint density at radius 1 is 0.778 bits per heavy atom. The molecule has 0 aromatic heterocycles. The van der Waals surface area contributed by atoms with Gasteiger partial charge in [0, 0.05) is 12.2 Å². The minimum atomic E-state index is -0.833. The van der Waals surface area contributed by atoms with Crippen LogP contribution in [0.1, 0.15) is 25.3 Å². The van der Waals surface area contributed by atoms with Gasteiger partial charge in [-0.25, -0.2) is 8.78 Å². The van der Waals surface area contributed by atoms with E-state index < -0.39 is 11.6 Å². The molecule has 27 heavy (non-hydrogen) atoms. The van der Waals surface area contributed by atoms with Gasteiger partial charge >= 0.3 is 0 Å². The van der Waals surface area contributed by atoms with E-state index in [1.807, 2.05) is 36.4 Å². The second-order valence-electron chi connectivity index (χ2n) is 6.56. The number of hydrogen-bond donors (Lipinski definition) is 0. The van der Waals surface area contributed by atoms with Gasteiger partial charge in [0.2, 0.25) is 0 Å². The van der Waals surface area contributed by atoms with E-state index in [9.17, 15) is 8.78 Å². The van der Waals surface area contributed by atoms with Crippen LogP contribution in [0.4, 0.5) is 8.78 Å². The summed E-state index contributed by atoms with van der Waals surface area (Å²) in [5.74, 6) is -1.65. The minimum absolute atomic E-state index is 0.277. The summed E-state index contributed by atoms with van der Waals surface area (Å²) in [5.41, 5.74) is 4.00. The van der Waals surface area contributed by atoms with Crippen LogP contribution in [0, 0.1) is 11.6 Å². The molecular formula is C24H24F2O. The first-order valence-electron chi connectivity index (χ1n) is 9.41. The van der Waals surface area contributed by atoms with E-state index in [1.165, 1.54) is 11.6 Å². The molecule has 0 aliphatic carbocycles. The SMILES string of the molecule is CCCCOCCc1cccc(-c2ccccc2-c2cccc(F)c2F)c1. The van der Waals surface area contributed by atoms with Crippen molar-refractivity contribution in [3.05, 3.63) is 83.9 Å². The summed E-state index contributed by atoms with van der Waals surface area (Å²) in [6.45, 7) is 3.62. The van der Waals surface area contributed by atoms with Crippen molar-refractivity contribution in [3.63, 3.8) is 0 Å². The molecule has 1 nitrogen and oxygen atoms in total. The summed E-state index contributed by atoms with van der Waals surface area (Å²) in [6, 6.07) is 20.0. The van der Waals surface area contributed by atoms with Crippen LogP contribution in [0.5, 0.6) is 0 Å². The van der Waals surface area contributed by atoms with Crippen molar-refractivity contribution < 1.29 is 13.5 Å². The zero-order valence-corrected chi connectivity index (χ0v) is 15.6. The van der Waals surface area contributed by atoms with Crippen molar-refractivity contribution in [3.8, 4) is 22.3 Å². The van der Waals surface area contributed by atoms with Crippen LogP contribution in [0.25, 0.3) is 22.3 Å². The Bertz CT molecular complexity index is 889. The lowest BCUT2D eigenvalue weighted by Crippen LogP contribution is -2.00. The third-order valence-electron chi connectivity index (χ3n) is 4.58. The maximum atomic E-state index is 14.3. The van der Waals surface area contributed by atoms with Gasteiger partial charge in [-0.15, -0.1) is 0 Å². The molecule has 3 aromatic carbocycles. The van der Waals surface area contributed by atoms with Crippen LogP contribution in [0.15, 0.2) is 66.7 Å². The topological polar surface area (TPSA) is 9.23 Å². The Morgan fingerprint density at radius 3 is 2.33 bits per heavy atom. The Balaban J connectivity index is 1.87. The van der Waals surface area contributed by atoms with Crippen LogP contribution >= 0.6 is 0 Å². The fraction of sp³-hybridized carbons (Fsp3) is 0.250. The largest absolute Gasteiger partial charge is 0.381 e. The summed E-state index contributed by atoms with van der Waals surface area (Å²) < 4.78 is 33.7. The van der Waals surface area contributed by atoms with Crippen molar-refractivity contribution in [2.45, 2.75) is 26.2 Å². The van der Waals surface area contributed by atoms with Crippen LogP contribution in [0.2, 0.25) is 0 Å².